The number of ether oxygens (including phenoxy) is 1. The maximum absolute atomic E-state index is 11.8. The quantitative estimate of drug-likeness (QED) is 0.349. The van der Waals surface area contributed by atoms with Gasteiger partial charge >= 0.3 is 5.97 Å². The second-order valence-electron chi connectivity index (χ2n) is 4.84. The summed E-state index contributed by atoms with van der Waals surface area (Å²) < 4.78 is 6.63. The van der Waals surface area contributed by atoms with E-state index in [1.807, 2.05) is 38.1 Å². The Balaban J connectivity index is 0.00000151. The normalized spacial score (nSPS) is 10.8. The maximum atomic E-state index is 11.8. The molecule has 6 nitrogen and oxygen atoms in total. The minimum absolute atomic E-state index is 0.191. The highest BCUT2D eigenvalue weighted by atomic mass is 35.5. The number of carbonyl (C=O) groups excluding carboxylic acids is 1. The molecule has 0 aliphatic carbocycles. The first kappa shape index (κ1) is 20.7. The van der Waals surface area contributed by atoms with Crippen molar-refractivity contribution in [3.05, 3.63) is 53.1 Å². The molecule has 2 aromatic rings. The van der Waals surface area contributed by atoms with Gasteiger partial charge in [0.25, 0.3) is 0 Å². The molecular weight excluding hydrogens is 342 g/mol. The number of hydrogen-bond donors (Lipinski definition) is 1. The lowest BCUT2D eigenvalue weighted by molar-refractivity contribution is -0.135. The van der Waals surface area contributed by atoms with Crippen molar-refractivity contribution >= 4 is 23.3 Å². The van der Waals surface area contributed by atoms with Crippen molar-refractivity contribution in [3.63, 3.8) is 0 Å². The summed E-state index contributed by atoms with van der Waals surface area (Å²) in [7, 11) is 0. The van der Waals surface area contributed by atoms with Gasteiger partial charge in [0.1, 0.15) is 0 Å². The molecule has 0 aliphatic rings. The molecule has 136 valence electrons. The van der Waals surface area contributed by atoms with Gasteiger partial charge in [-0.3, -0.25) is 0 Å². The molecule has 0 fully saturated rings. The van der Waals surface area contributed by atoms with Gasteiger partial charge in [0.15, 0.2) is 5.82 Å². The maximum Gasteiger partial charge on any atom is 0.364 e. The van der Waals surface area contributed by atoms with E-state index >= 15 is 0 Å². The lowest BCUT2D eigenvalue weighted by Crippen LogP contribution is -2.23. The Morgan fingerprint density at radius 3 is 2.60 bits per heavy atom. The Labute approximate surface area is 153 Å². The van der Waals surface area contributed by atoms with Crippen LogP contribution < -0.4 is 0 Å². The van der Waals surface area contributed by atoms with E-state index in [-0.39, 0.29) is 12.3 Å². The fourth-order valence-electron chi connectivity index (χ4n) is 2.19. The summed E-state index contributed by atoms with van der Waals surface area (Å²) in [6.45, 7) is 6.52. The molecule has 1 aromatic carbocycles. The number of imidazole rings is 1. The second-order valence-corrected chi connectivity index (χ2v) is 5.28. The van der Waals surface area contributed by atoms with Gasteiger partial charge in [-0.15, -0.1) is 0 Å². The van der Waals surface area contributed by atoms with E-state index in [0.29, 0.717) is 17.4 Å². The molecule has 0 spiro atoms. The first-order valence-electron chi connectivity index (χ1n) is 8.30. The van der Waals surface area contributed by atoms with Crippen molar-refractivity contribution in [3.8, 4) is 0 Å². The Hall–Kier alpha value is -2.34. The summed E-state index contributed by atoms with van der Waals surface area (Å²) in [6.07, 6.45) is 5.00. The Morgan fingerprint density at radius 1 is 1.32 bits per heavy atom. The SMILES string of the molecule is CC.CCOC(=O)/C(=N\O)c1nccn1CCCc1ccc(Cl)cc1. The standard InChI is InChI=1S/C16H18ClN3O3.C2H6/c1-2-23-16(21)14(19-22)15-18-9-11-20(15)10-3-4-12-5-7-13(17)8-6-12;1-2/h5-9,11,22H,2-4,10H2,1H3;1-2H3/b19-14-;. The smallest absolute Gasteiger partial charge is 0.364 e. The molecule has 25 heavy (non-hydrogen) atoms. The molecule has 0 saturated heterocycles. The van der Waals surface area contributed by atoms with Crippen LogP contribution in [0.1, 0.15) is 38.6 Å². The number of aromatic nitrogens is 2. The van der Waals surface area contributed by atoms with Gasteiger partial charge in [0.2, 0.25) is 5.71 Å². The van der Waals surface area contributed by atoms with Crippen molar-refractivity contribution in [2.75, 3.05) is 6.61 Å². The van der Waals surface area contributed by atoms with Crippen LogP contribution in [0.25, 0.3) is 0 Å². The van der Waals surface area contributed by atoms with E-state index in [1.54, 1.807) is 23.9 Å². The van der Waals surface area contributed by atoms with Crippen molar-refractivity contribution < 1.29 is 14.7 Å². The topological polar surface area (TPSA) is 76.7 Å². The number of oxime groups is 1. The van der Waals surface area contributed by atoms with E-state index in [1.165, 1.54) is 5.56 Å². The first-order chi connectivity index (χ1) is 12.2. The highest BCUT2D eigenvalue weighted by Crippen LogP contribution is 2.12. The highest BCUT2D eigenvalue weighted by molar-refractivity contribution is 6.42. The van der Waals surface area contributed by atoms with Crippen molar-refractivity contribution in [2.24, 2.45) is 5.16 Å². The third-order valence-electron chi connectivity index (χ3n) is 3.27. The number of hydrogen-bond acceptors (Lipinski definition) is 5. The van der Waals surface area contributed by atoms with Crippen molar-refractivity contribution in [1.82, 2.24) is 9.55 Å². The van der Waals surface area contributed by atoms with Crippen molar-refractivity contribution in [2.45, 2.75) is 40.2 Å². The van der Waals surface area contributed by atoms with Crippen LogP contribution in [-0.4, -0.2) is 33.0 Å². The zero-order valence-corrected chi connectivity index (χ0v) is 15.5. The fourth-order valence-corrected chi connectivity index (χ4v) is 2.31. The lowest BCUT2D eigenvalue weighted by atomic mass is 10.1. The van der Waals surface area contributed by atoms with Crippen LogP contribution in [-0.2, 0) is 22.5 Å². The van der Waals surface area contributed by atoms with E-state index < -0.39 is 5.97 Å². The van der Waals surface area contributed by atoms with E-state index in [2.05, 4.69) is 10.1 Å². The molecular formula is C18H24ClN3O3. The minimum atomic E-state index is -0.694. The van der Waals surface area contributed by atoms with E-state index in [0.717, 1.165) is 12.8 Å². The van der Waals surface area contributed by atoms with Crippen LogP contribution in [0.3, 0.4) is 0 Å². The summed E-state index contributed by atoms with van der Waals surface area (Å²) in [6, 6.07) is 7.68. The van der Waals surface area contributed by atoms with Gasteiger partial charge in [-0.1, -0.05) is 42.7 Å². The minimum Gasteiger partial charge on any atom is -0.461 e. The number of benzene rings is 1. The zero-order chi connectivity index (χ0) is 18.7. The summed E-state index contributed by atoms with van der Waals surface area (Å²) in [5.41, 5.74) is 0.987. The summed E-state index contributed by atoms with van der Waals surface area (Å²) in [5.74, 6) is -0.401. The molecule has 1 aromatic heterocycles. The van der Waals surface area contributed by atoms with Gasteiger partial charge in [-0.05, 0) is 37.5 Å². The molecule has 1 heterocycles. The predicted molar refractivity (Wildman–Crippen MR) is 98.3 cm³/mol. The molecule has 0 saturated carbocycles. The third kappa shape index (κ3) is 6.23. The van der Waals surface area contributed by atoms with Crippen LogP contribution in [0.2, 0.25) is 5.02 Å². The molecule has 2 rings (SSSR count). The lowest BCUT2D eigenvalue weighted by Gasteiger charge is -2.08. The molecule has 0 amide bonds. The van der Waals surface area contributed by atoms with Crippen LogP contribution in [0, 0.1) is 0 Å². The molecule has 7 heteroatoms. The zero-order valence-electron chi connectivity index (χ0n) is 14.8. The van der Waals surface area contributed by atoms with Gasteiger partial charge in [0.05, 0.1) is 6.61 Å². The van der Waals surface area contributed by atoms with Gasteiger partial charge in [-0.25, -0.2) is 9.78 Å². The molecule has 0 bridgehead atoms. The third-order valence-corrected chi connectivity index (χ3v) is 3.53. The van der Waals surface area contributed by atoms with Crippen LogP contribution in [0.5, 0.6) is 0 Å². The van der Waals surface area contributed by atoms with Crippen LogP contribution in [0.4, 0.5) is 0 Å². The summed E-state index contributed by atoms with van der Waals surface area (Å²) in [4.78, 5) is 15.9. The number of esters is 1. The Bertz CT molecular complexity index is 681. The van der Waals surface area contributed by atoms with E-state index in [4.69, 9.17) is 21.5 Å². The van der Waals surface area contributed by atoms with Crippen molar-refractivity contribution in [1.29, 1.82) is 0 Å². The van der Waals surface area contributed by atoms with Gasteiger partial charge in [0, 0.05) is 24.0 Å². The highest BCUT2D eigenvalue weighted by Gasteiger charge is 2.21. The second kappa shape index (κ2) is 11.3. The number of carbonyl (C=O) groups is 1. The molecule has 0 atom stereocenters. The molecule has 0 unspecified atom stereocenters. The monoisotopic (exact) mass is 365 g/mol. The van der Waals surface area contributed by atoms with Crippen LogP contribution in [0.15, 0.2) is 41.8 Å². The number of halogens is 1. The first-order valence-corrected chi connectivity index (χ1v) is 8.68. The Kier molecular flexibility index (Phi) is 9.32. The summed E-state index contributed by atoms with van der Waals surface area (Å²) >= 11 is 5.86. The largest absolute Gasteiger partial charge is 0.461 e. The van der Waals surface area contributed by atoms with Gasteiger partial charge < -0.3 is 14.5 Å². The fraction of sp³-hybridized carbons (Fsp3) is 0.389. The molecule has 0 radical (unpaired) electrons. The number of nitrogens with zero attached hydrogens (tertiary/aromatic N) is 3. The van der Waals surface area contributed by atoms with E-state index in [9.17, 15) is 4.79 Å². The van der Waals surface area contributed by atoms with Gasteiger partial charge in [-0.2, -0.15) is 0 Å². The van der Waals surface area contributed by atoms with Crippen LogP contribution >= 0.6 is 11.6 Å². The Morgan fingerprint density at radius 2 is 2.00 bits per heavy atom. The number of rotatable bonds is 7. The number of aryl methyl sites for hydroxylation is 2. The molecule has 0 aliphatic heterocycles. The predicted octanol–water partition coefficient (Wildman–Crippen LogP) is 3.94. The average molecular weight is 366 g/mol. The summed E-state index contributed by atoms with van der Waals surface area (Å²) in [5, 5.41) is 12.8. The molecule has 1 N–H and O–H groups in total. The average Bonchev–Trinajstić information content (AvgIpc) is 3.08.